The van der Waals surface area contributed by atoms with E-state index in [4.69, 9.17) is 0 Å². The van der Waals surface area contributed by atoms with Crippen molar-refractivity contribution >= 4 is 38.2 Å². The number of benzene rings is 2. The molecule has 0 saturated heterocycles. The van der Waals surface area contributed by atoms with Crippen molar-refractivity contribution in [2.75, 3.05) is 0 Å². The summed E-state index contributed by atoms with van der Waals surface area (Å²) in [5.74, 6) is 0. The largest absolute Gasteiger partial charge is 0.316 e. The van der Waals surface area contributed by atoms with Gasteiger partial charge in [0.05, 0.1) is 26.2 Å². The zero-order valence-corrected chi connectivity index (χ0v) is 11.5. The van der Waals surface area contributed by atoms with Crippen molar-refractivity contribution in [3.05, 3.63) is 55.1 Å². The normalized spacial score (nSPS) is 11.3. The van der Waals surface area contributed by atoms with E-state index >= 15 is 0 Å². The third kappa shape index (κ3) is 1.97. The number of aromatic nitrogens is 2. The lowest BCUT2D eigenvalue weighted by Gasteiger charge is -2.06. The van der Waals surface area contributed by atoms with Gasteiger partial charge < -0.3 is 9.97 Å². The van der Waals surface area contributed by atoms with E-state index in [1.807, 2.05) is 0 Å². The fourth-order valence-electron chi connectivity index (χ4n) is 2.32. The molecular formula is C12H7N3O6S. The highest BCUT2D eigenvalue weighted by atomic mass is 32.2. The van der Waals surface area contributed by atoms with E-state index in [-0.39, 0.29) is 26.7 Å². The van der Waals surface area contributed by atoms with E-state index in [9.17, 15) is 28.1 Å². The summed E-state index contributed by atoms with van der Waals surface area (Å²) in [5.41, 5.74) is -2.18. The van der Waals surface area contributed by atoms with Crippen LogP contribution in [0.4, 0.5) is 5.69 Å². The van der Waals surface area contributed by atoms with Gasteiger partial charge in [-0.3, -0.25) is 19.7 Å². The van der Waals surface area contributed by atoms with Gasteiger partial charge in [0.1, 0.15) is 0 Å². The maximum atomic E-state index is 11.5. The topological polar surface area (TPSA) is 143 Å². The van der Waals surface area contributed by atoms with E-state index in [0.29, 0.717) is 0 Å². The highest BCUT2D eigenvalue weighted by molar-refractivity contribution is 7.72. The third-order valence-electron chi connectivity index (χ3n) is 3.20. The van der Waals surface area contributed by atoms with Crippen LogP contribution in [0.15, 0.2) is 38.8 Å². The number of nitro benzene ring substituents is 1. The molecule has 22 heavy (non-hydrogen) atoms. The standard InChI is InChI=1S/C12H7N3O6S/c16-11-12(17)14-10-5-2-1-3-8(22(20)21)9(5)7(15(18)19)4-6(10)13-11/h1-4,22H,(H,13,16)(H,14,17). The predicted octanol–water partition coefficient (Wildman–Crippen LogP) is 0.248. The average Bonchev–Trinajstić information content (AvgIpc) is 2.47. The van der Waals surface area contributed by atoms with E-state index in [0.717, 1.165) is 6.07 Å². The number of fused-ring (bicyclic) bond motifs is 3. The summed E-state index contributed by atoms with van der Waals surface area (Å²) in [7, 11) is -3.07. The van der Waals surface area contributed by atoms with Gasteiger partial charge in [-0.1, -0.05) is 12.1 Å². The Morgan fingerprint density at radius 1 is 1.09 bits per heavy atom. The quantitative estimate of drug-likeness (QED) is 0.203. The van der Waals surface area contributed by atoms with Crippen LogP contribution in [0.25, 0.3) is 21.8 Å². The molecule has 0 aliphatic carbocycles. The first kappa shape index (κ1) is 13.9. The summed E-state index contributed by atoms with van der Waals surface area (Å²) in [6.45, 7) is 0. The fraction of sp³-hybridized carbons (Fsp3) is 0. The van der Waals surface area contributed by atoms with Crippen molar-refractivity contribution in [1.29, 1.82) is 0 Å². The monoisotopic (exact) mass is 321 g/mol. The van der Waals surface area contributed by atoms with Gasteiger partial charge in [-0.2, -0.15) is 0 Å². The van der Waals surface area contributed by atoms with Gasteiger partial charge in [0.15, 0.2) is 10.7 Å². The third-order valence-corrected chi connectivity index (χ3v) is 3.97. The molecule has 112 valence electrons. The van der Waals surface area contributed by atoms with Crippen LogP contribution >= 0.6 is 0 Å². The van der Waals surface area contributed by atoms with Gasteiger partial charge in [0.25, 0.3) is 5.69 Å². The molecule has 0 aliphatic heterocycles. The van der Waals surface area contributed by atoms with Crippen LogP contribution in [-0.2, 0) is 10.7 Å². The average molecular weight is 321 g/mol. The van der Waals surface area contributed by atoms with Gasteiger partial charge in [-0.05, 0) is 6.07 Å². The molecule has 0 fully saturated rings. The molecule has 1 heterocycles. The minimum atomic E-state index is -3.07. The number of thiol groups is 1. The molecular weight excluding hydrogens is 314 g/mol. The molecule has 0 unspecified atom stereocenters. The first-order valence-corrected chi connectivity index (χ1v) is 7.08. The fourth-order valence-corrected chi connectivity index (χ4v) is 2.95. The Balaban J connectivity index is 2.71. The van der Waals surface area contributed by atoms with Crippen LogP contribution < -0.4 is 11.1 Å². The second kappa shape index (κ2) is 4.77. The highest BCUT2D eigenvalue weighted by Gasteiger charge is 2.20. The Morgan fingerprint density at radius 2 is 1.77 bits per heavy atom. The molecule has 0 saturated carbocycles. The van der Waals surface area contributed by atoms with Crippen LogP contribution in [0, 0.1) is 10.1 Å². The molecule has 0 aliphatic rings. The van der Waals surface area contributed by atoms with Crippen LogP contribution in [0.2, 0.25) is 0 Å². The van der Waals surface area contributed by atoms with E-state index in [2.05, 4.69) is 9.97 Å². The molecule has 0 amide bonds. The first-order valence-electron chi connectivity index (χ1n) is 5.91. The van der Waals surface area contributed by atoms with E-state index < -0.39 is 32.4 Å². The molecule has 3 aromatic rings. The van der Waals surface area contributed by atoms with Crippen LogP contribution in [0.1, 0.15) is 0 Å². The summed E-state index contributed by atoms with van der Waals surface area (Å²) in [6, 6.07) is 5.09. The number of nitro groups is 1. The molecule has 2 aromatic carbocycles. The van der Waals surface area contributed by atoms with Gasteiger partial charge in [-0.25, -0.2) is 8.42 Å². The minimum absolute atomic E-state index is 0.0436. The molecule has 0 bridgehead atoms. The Bertz CT molecular complexity index is 1130. The zero-order chi connectivity index (χ0) is 16.0. The lowest BCUT2D eigenvalue weighted by Crippen LogP contribution is -2.29. The molecule has 10 heteroatoms. The van der Waals surface area contributed by atoms with Crippen LogP contribution in [-0.4, -0.2) is 23.3 Å². The minimum Gasteiger partial charge on any atom is -0.316 e. The molecule has 0 atom stereocenters. The number of nitrogens with zero attached hydrogens (tertiary/aromatic N) is 1. The van der Waals surface area contributed by atoms with Crippen molar-refractivity contribution in [2.45, 2.75) is 4.90 Å². The summed E-state index contributed by atoms with van der Waals surface area (Å²) in [5, 5.41) is 11.3. The maximum Gasteiger partial charge on any atom is 0.314 e. The van der Waals surface area contributed by atoms with Crippen molar-refractivity contribution in [1.82, 2.24) is 9.97 Å². The molecule has 0 radical (unpaired) electrons. The van der Waals surface area contributed by atoms with Gasteiger partial charge in [-0.15, -0.1) is 0 Å². The van der Waals surface area contributed by atoms with Crippen molar-refractivity contribution in [3.63, 3.8) is 0 Å². The number of hydrogen-bond acceptors (Lipinski definition) is 6. The number of rotatable bonds is 2. The zero-order valence-electron chi connectivity index (χ0n) is 10.7. The summed E-state index contributed by atoms with van der Waals surface area (Å²) in [4.78, 5) is 37.6. The predicted molar refractivity (Wildman–Crippen MR) is 77.9 cm³/mol. The second-order valence-electron chi connectivity index (χ2n) is 4.44. The number of aromatic amines is 2. The van der Waals surface area contributed by atoms with Crippen molar-refractivity contribution in [3.8, 4) is 0 Å². The molecule has 2 N–H and O–H groups in total. The summed E-state index contributed by atoms with van der Waals surface area (Å²) >= 11 is 0. The number of nitrogens with one attached hydrogen (secondary N) is 2. The second-order valence-corrected chi connectivity index (χ2v) is 5.44. The lowest BCUT2D eigenvalue weighted by molar-refractivity contribution is -0.383. The molecule has 9 nitrogen and oxygen atoms in total. The Kier molecular flexibility index (Phi) is 3.03. The lowest BCUT2D eigenvalue weighted by atomic mass is 10.1. The number of H-pyrrole nitrogens is 2. The number of hydrogen-bond donors (Lipinski definition) is 3. The summed E-state index contributed by atoms with van der Waals surface area (Å²) in [6.07, 6.45) is 0. The van der Waals surface area contributed by atoms with E-state index in [1.165, 1.54) is 18.2 Å². The van der Waals surface area contributed by atoms with E-state index in [1.54, 1.807) is 0 Å². The van der Waals surface area contributed by atoms with Gasteiger partial charge >= 0.3 is 11.1 Å². The van der Waals surface area contributed by atoms with Crippen LogP contribution in [0.3, 0.4) is 0 Å². The number of non-ortho nitro benzene ring substituents is 1. The summed E-state index contributed by atoms with van der Waals surface area (Å²) < 4.78 is 22.7. The van der Waals surface area contributed by atoms with Gasteiger partial charge in [0, 0.05) is 11.5 Å². The van der Waals surface area contributed by atoms with Gasteiger partial charge in [0.2, 0.25) is 0 Å². The SMILES string of the molecule is O=c1[nH]c2cc([N+](=O)[O-])c3c([SH](=O)=O)cccc3c2[nH]c1=O. The Hall–Kier alpha value is -3.01. The Labute approximate surface area is 122 Å². The molecule has 0 spiro atoms. The van der Waals surface area contributed by atoms with Crippen molar-refractivity contribution < 1.29 is 13.3 Å². The Morgan fingerprint density at radius 3 is 2.41 bits per heavy atom. The first-order chi connectivity index (χ1) is 10.4. The smallest absolute Gasteiger partial charge is 0.314 e. The molecule has 3 rings (SSSR count). The molecule has 1 aromatic heterocycles. The highest BCUT2D eigenvalue weighted by Crippen LogP contribution is 2.33. The van der Waals surface area contributed by atoms with Crippen LogP contribution in [0.5, 0.6) is 0 Å². The maximum absolute atomic E-state index is 11.5. The van der Waals surface area contributed by atoms with Crippen molar-refractivity contribution in [2.24, 2.45) is 0 Å².